The maximum Gasteiger partial charge on any atom is 0.226 e. The van der Waals surface area contributed by atoms with Crippen molar-refractivity contribution in [3.63, 3.8) is 0 Å². The normalized spacial score (nSPS) is 24.5. The minimum Gasteiger partial charge on any atom is -0.337 e. The maximum atomic E-state index is 17.1. The van der Waals surface area contributed by atoms with Gasteiger partial charge in [0.25, 0.3) is 0 Å². The Kier molecular flexibility index (Phi) is 7.50. The summed E-state index contributed by atoms with van der Waals surface area (Å²) in [7, 11) is 0. The van der Waals surface area contributed by atoms with Crippen LogP contribution in [0.1, 0.15) is 72.6 Å². The average molecular weight is 693 g/mol. The molecule has 3 saturated heterocycles. The van der Waals surface area contributed by atoms with E-state index in [2.05, 4.69) is 51.2 Å². The van der Waals surface area contributed by atoms with Crippen LogP contribution in [0.4, 0.5) is 4.39 Å². The van der Waals surface area contributed by atoms with Gasteiger partial charge < -0.3 is 14.8 Å². The van der Waals surface area contributed by atoms with Crippen LogP contribution >= 0.6 is 23.2 Å². The Balaban J connectivity index is 1.30. The number of fused-ring (bicyclic) bond motifs is 4. The number of nitrogens with one attached hydrogen (secondary N) is 1. The fraction of sp³-hybridized carbons (Fsp3) is 0.375. The molecule has 2 bridgehead atoms. The fourth-order valence-corrected chi connectivity index (χ4v) is 9.38. The smallest absolute Gasteiger partial charge is 0.226 e. The van der Waals surface area contributed by atoms with Gasteiger partial charge in [-0.05, 0) is 74.3 Å². The molecule has 2 aliphatic carbocycles. The predicted molar refractivity (Wildman–Crippen MR) is 191 cm³/mol. The molecule has 1 N–H and O–H groups in total. The highest BCUT2D eigenvalue weighted by molar-refractivity contribution is 6.43. The first-order valence-electron chi connectivity index (χ1n) is 17.4. The van der Waals surface area contributed by atoms with E-state index in [9.17, 15) is 10.1 Å². The Morgan fingerprint density at radius 2 is 1.90 bits per heavy atom. The average Bonchev–Trinajstić information content (AvgIpc) is 3.42. The number of halogens is 3. The molecule has 49 heavy (non-hydrogen) atoms. The molecule has 10 rings (SSSR count). The molecule has 3 aromatic carbocycles. The third-order valence-corrected chi connectivity index (χ3v) is 12.4. The van der Waals surface area contributed by atoms with Crippen LogP contribution in [-0.4, -0.2) is 39.5 Å². The molecule has 248 valence electrons. The van der Waals surface area contributed by atoms with Crippen LogP contribution in [-0.2, 0) is 11.2 Å². The number of amides is 1. The third-order valence-electron chi connectivity index (χ3n) is 11.6. The molecule has 2 aromatic heterocycles. The van der Waals surface area contributed by atoms with Gasteiger partial charge in [-0.25, -0.2) is 9.37 Å². The highest BCUT2D eigenvalue weighted by atomic mass is 35.5. The van der Waals surface area contributed by atoms with Crippen LogP contribution in [0.15, 0.2) is 60.7 Å². The molecule has 5 heterocycles. The molecule has 9 heteroatoms. The van der Waals surface area contributed by atoms with Crippen molar-refractivity contribution in [2.45, 2.75) is 69.5 Å². The zero-order valence-electron chi connectivity index (χ0n) is 27.2. The number of nitriles is 1. The predicted octanol–water partition coefficient (Wildman–Crippen LogP) is 9.07. The number of nitrogens with zero attached hydrogens (tertiary/aromatic N) is 4. The lowest BCUT2D eigenvalue weighted by Gasteiger charge is -2.39. The van der Waals surface area contributed by atoms with E-state index in [4.69, 9.17) is 28.2 Å². The van der Waals surface area contributed by atoms with Crippen LogP contribution in [0.3, 0.4) is 0 Å². The number of carbonyl (C=O) groups is 1. The minimum atomic E-state index is -0.459. The first kappa shape index (κ1) is 31.1. The van der Waals surface area contributed by atoms with Gasteiger partial charge in [0.15, 0.2) is 5.82 Å². The van der Waals surface area contributed by atoms with Gasteiger partial charge in [0.2, 0.25) is 5.91 Å². The molecule has 5 aromatic rings. The summed E-state index contributed by atoms with van der Waals surface area (Å²) in [6, 6.07) is 22.7. The lowest BCUT2D eigenvalue weighted by atomic mass is 9.79. The molecule has 5 atom stereocenters. The standard InChI is InChI=1S/C40H36Cl2FN5O/c1-21-28-18-33(32-17-26(22-7-3-2-4-8-22)20-47(32)40(49)23-12-13-23)48(38-25-16-31(38)45-19-25)39(28)29-15-24(9-6-14-44)34(36(43)37(29)46-21)27-10-5-11-30(41)35(27)42/h2-5,7-8,10-11,15,18,23,25-26,31-32,38,45H,6,9,12-13,16-17,19-20H2,1H3/t25-,26+,31-,32-,38+/m1/s1. The summed E-state index contributed by atoms with van der Waals surface area (Å²) in [6.45, 7) is 3.58. The summed E-state index contributed by atoms with van der Waals surface area (Å²) in [6.07, 6.45) is 4.42. The van der Waals surface area contributed by atoms with Crippen LogP contribution in [0, 0.1) is 35.9 Å². The fourth-order valence-electron chi connectivity index (χ4n) is 8.99. The SMILES string of the molecule is Cc1nc2c(F)c(-c3cccc(Cl)c3Cl)c(CCC#N)cc2c2c1cc([C@H]1C[C@H](c3ccccc3)CN1C(=O)C1CC1)n2[C@H]1[C@H]2CN[C@@H]1C2. The van der Waals surface area contributed by atoms with Crippen LogP contribution in [0.25, 0.3) is 32.9 Å². The monoisotopic (exact) mass is 691 g/mol. The molecule has 0 radical (unpaired) electrons. The van der Waals surface area contributed by atoms with E-state index in [1.807, 2.05) is 19.1 Å². The number of aromatic nitrogens is 2. The molecule has 1 amide bonds. The number of hydrogen-bond donors (Lipinski definition) is 1. The summed E-state index contributed by atoms with van der Waals surface area (Å²) >= 11 is 13.1. The molecule has 5 fully saturated rings. The topological polar surface area (TPSA) is 74.0 Å². The molecule has 5 aliphatic rings. The maximum absolute atomic E-state index is 17.1. The largest absolute Gasteiger partial charge is 0.337 e. The summed E-state index contributed by atoms with van der Waals surface area (Å²) in [4.78, 5) is 21.1. The summed E-state index contributed by atoms with van der Waals surface area (Å²) in [5, 5.41) is 15.6. The second-order valence-electron chi connectivity index (χ2n) is 14.4. The van der Waals surface area contributed by atoms with Crippen molar-refractivity contribution in [2.24, 2.45) is 11.8 Å². The van der Waals surface area contributed by atoms with E-state index in [-0.39, 0.29) is 46.8 Å². The summed E-state index contributed by atoms with van der Waals surface area (Å²) in [5.74, 6) is 0.581. The molecular formula is C40H36Cl2FN5O. The Morgan fingerprint density at radius 1 is 1.08 bits per heavy atom. The van der Waals surface area contributed by atoms with Crippen LogP contribution in [0.2, 0.25) is 10.0 Å². The lowest BCUT2D eigenvalue weighted by molar-refractivity contribution is -0.133. The van der Waals surface area contributed by atoms with Crippen molar-refractivity contribution in [2.75, 3.05) is 13.1 Å². The van der Waals surface area contributed by atoms with E-state index >= 15 is 4.39 Å². The quantitative estimate of drug-likeness (QED) is 0.185. The summed E-state index contributed by atoms with van der Waals surface area (Å²) < 4.78 is 19.6. The molecule has 0 spiro atoms. The van der Waals surface area contributed by atoms with Crippen LogP contribution in [0.5, 0.6) is 0 Å². The number of hydrogen-bond acceptors (Lipinski definition) is 4. The van der Waals surface area contributed by atoms with Gasteiger partial charge in [0.1, 0.15) is 5.52 Å². The van der Waals surface area contributed by atoms with Crippen molar-refractivity contribution >= 4 is 50.9 Å². The van der Waals surface area contributed by atoms with Crippen molar-refractivity contribution < 1.29 is 9.18 Å². The number of benzene rings is 3. The van der Waals surface area contributed by atoms with Crippen molar-refractivity contribution in [1.29, 1.82) is 5.26 Å². The number of pyridine rings is 1. The molecule has 6 nitrogen and oxygen atoms in total. The van der Waals surface area contributed by atoms with Gasteiger partial charge in [-0.15, -0.1) is 0 Å². The van der Waals surface area contributed by atoms with Gasteiger partial charge in [-0.3, -0.25) is 4.79 Å². The summed E-state index contributed by atoms with van der Waals surface area (Å²) in [5.41, 5.74) is 5.88. The second kappa shape index (κ2) is 11.8. The lowest BCUT2D eigenvalue weighted by Crippen LogP contribution is -2.41. The zero-order valence-corrected chi connectivity index (χ0v) is 28.7. The zero-order chi connectivity index (χ0) is 33.6. The van der Waals surface area contributed by atoms with Gasteiger partial charge in [-0.2, -0.15) is 5.26 Å². The van der Waals surface area contributed by atoms with Gasteiger partial charge in [0.05, 0.1) is 33.7 Å². The van der Waals surface area contributed by atoms with Crippen molar-refractivity contribution in [3.8, 4) is 17.2 Å². The van der Waals surface area contributed by atoms with Gasteiger partial charge in [-0.1, -0.05) is 65.7 Å². The Morgan fingerprint density at radius 3 is 2.61 bits per heavy atom. The number of likely N-dealkylation sites (tertiary alicyclic amines) is 1. The van der Waals surface area contributed by atoms with E-state index in [1.165, 1.54) is 5.56 Å². The third kappa shape index (κ3) is 4.90. The van der Waals surface area contributed by atoms with Crippen molar-refractivity contribution in [1.82, 2.24) is 19.8 Å². The molecular weight excluding hydrogens is 656 g/mol. The minimum absolute atomic E-state index is 0.104. The van der Waals surface area contributed by atoms with Gasteiger partial charge in [0, 0.05) is 70.7 Å². The van der Waals surface area contributed by atoms with Crippen molar-refractivity contribution in [3.05, 3.63) is 99.0 Å². The first-order valence-corrected chi connectivity index (χ1v) is 18.2. The Labute approximate surface area is 294 Å². The van der Waals surface area contributed by atoms with E-state index in [0.717, 1.165) is 59.9 Å². The van der Waals surface area contributed by atoms with E-state index in [0.29, 0.717) is 46.6 Å². The highest BCUT2D eigenvalue weighted by Crippen LogP contribution is 2.52. The molecule has 0 unspecified atom stereocenters. The van der Waals surface area contributed by atoms with E-state index in [1.54, 1.807) is 18.2 Å². The van der Waals surface area contributed by atoms with Gasteiger partial charge >= 0.3 is 0 Å². The Hall–Kier alpha value is -3.96. The molecule has 2 saturated carbocycles. The first-order chi connectivity index (χ1) is 23.8. The van der Waals surface area contributed by atoms with Crippen LogP contribution < -0.4 is 5.32 Å². The highest BCUT2D eigenvalue weighted by Gasteiger charge is 2.51. The number of aryl methyl sites for hydroxylation is 2. The van der Waals surface area contributed by atoms with E-state index < -0.39 is 5.82 Å². The Bertz CT molecular complexity index is 2190. The second-order valence-corrected chi connectivity index (χ2v) is 15.2. The molecule has 3 aliphatic heterocycles. The number of carbonyl (C=O) groups excluding carboxylic acids is 1. The number of rotatable bonds is 7.